The van der Waals surface area contributed by atoms with E-state index in [1.807, 2.05) is 24.7 Å². The van der Waals surface area contributed by atoms with Crippen LogP contribution >= 0.6 is 35.4 Å². The second-order valence-electron chi connectivity index (χ2n) is 4.17. The number of likely N-dealkylation sites (N-methyl/N-ethyl adjacent to an activating group) is 1. The minimum absolute atomic E-state index is 0.537. The fraction of sp³-hybridized carbons (Fsp3) is 0.364. The van der Waals surface area contributed by atoms with Gasteiger partial charge in [0.2, 0.25) is 0 Å². The second-order valence-corrected chi connectivity index (χ2v) is 5.37. The standard InChI is InChI=1S/C11H13Cl2N3S/c1-15(2)3-4-16-10-6-8(13)7(12)5-9(10)14-11(16)17/h5-6H,3-4H2,1-2H3,(H,14,17). The van der Waals surface area contributed by atoms with Gasteiger partial charge in [0.15, 0.2) is 4.77 Å². The average Bonchev–Trinajstić information content (AvgIpc) is 2.52. The molecule has 1 aromatic heterocycles. The molecule has 92 valence electrons. The molecule has 0 bridgehead atoms. The van der Waals surface area contributed by atoms with Crippen LogP contribution in [0, 0.1) is 4.77 Å². The summed E-state index contributed by atoms with van der Waals surface area (Å²) in [6, 6.07) is 3.66. The molecule has 0 spiro atoms. The molecular formula is C11H13Cl2N3S. The third-order valence-corrected chi connectivity index (χ3v) is 3.63. The predicted octanol–water partition coefficient (Wildman–Crippen LogP) is 3.57. The van der Waals surface area contributed by atoms with E-state index in [0.717, 1.165) is 24.1 Å². The molecule has 3 nitrogen and oxygen atoms in total. The number of aromatic amines is 1. The Hall–Kier alpha value is -0.550. The molecule has 1 N–H and O–H groups in total. The Labute approximate surface area is 115 Å². The molecule has 2 rings (SSSR count). The van der Waals surface area contributed by atoms with Crippen molar-refractivity contribution >= 4 is 46.5 Å². The predicted molar refractivity (Wildman–Crippen MR) is 75.7 cm³/mol. The molecule has 6 heteroatoms. The molecule has 0 unspecified atom stereocenters. The van der Waals surface area contributed by atoms with Crippen LogP contribution in [0.4, 0.5) is 0 Å². The number of nitrogens with zero attached hydrogens (tertiary/aromatic N) is 2. The van der Waals surface area contributed by atoms with E-state index in [0.29, 0.717) is 14.8 Å². The summed E-state index contributed by atoms with van der Waals surface area (Å²) in [6.45, 7) is 1.74. The Kier molecular flexibility index (Phi) is 3.78. The highest BCUT2D eigenvalue weighted by Gasteiger charge is 2.08. The van der Waals surface area contributed by atoms with Gasteiger partial charge in [-0.05, 0) is 38.4 Å². The lowest BCUT2D eigenvalue weighted by Crippen LogP contribution is -2.18. The van der Waals surface area contributed by atoms with E-state index in [-0.39, 0.29) is 0 Å². The molecule has 0 fully saturated rings. The molecular weight excluding hydrogens is 277 g/mol. The highest BCUT2D eigenvalue weighted by Crippen LogP contribution is 2.27. The SMILES string of the molecule is CN(C)CCn1c(=S)[nH]c2cc(Cl)c(Cl)cc21. The van der Waals surface area contributed by atoms with Crippen molar-refractivity contribution in [3.05, 3.63) is 26.9 Å². The van der Waals surface area contributed by atoms with Crippen LogP contribution in [0.15, 0.2) is 12.1 Å². The number of hydrogen-bond acceptors (Lipinski definition) is 2. The van der Waals surface area contributed by atoms with E-state index in [1.165, 1.54) is 0 Å². The van der Waals surface area contributed by atoms with Gasteiger partial charge < -0.3 is 14.5 Å². The Morgan fingerprint density at radius 3 is 2.59 bits per heavy atom. The van der Waals surface area contributed by atoms with Gasteiger partial charge in [-0.2, -0.15) is 0 Å². The summed E-state index contributed by atoms with van der Waals surface area (Å²) in [4.78, 5) is 5.24. The van der Waals surface area contributed by atoms with Crippen LogP contribution in [-0.2, 0) is 6.54 Å². The quantitative estimate of drug-likeness (QED) is 0.874. The van der Waals surface area contributed by atoms with Crippen molar-refractivity contribution in [2.24, 2.45) is 0 Å². The first-order valence-electron chi connectivity index (χ1n) is 5.21. The van der Waals surface area contributed by atoms with Crippen LogP contribution in [0.3, 0.4) is 0 Å². The first kappa shape index (κ1) is 12.9. The summed E-state index contributed by atoms with van der Waals surface area (Å²) in [7, 11) is 4.06. The summed E-state index contributed by atoms with van der Waals surface area (Å²) in [5, 5.41) is 1.09. The van der Waals surface area contributed by atoms with Crippen molar-refractivity contribution in [3.8, 4) is 0 Å². The van der Waals surface area contributed by atoms with Crippen molar-refractivity contribution in [2.75, 3.05) is 20.6 Å². The first-order valence-corrected chi connectivity index (χ1v) is 6.38. The van der Waals surface area contributed by atoms with Gasteiger partial charge in [0.1, 0.15) is 0 Å². The Balaban J connectivity index is 2.51. The smallest absolute Gasteiger partial charge is 0.178 e. The minimum Gasteiger partial charge on any atom is -0.331 e. The highest BCUT2D eigenvalue weighted by atomic mass is 35.5. The van der Waals surface area contributed by atoms with Crippen LogP contribution in [0.2, 0.25) is 10.0 Å². The molecule has 0 aliphatic rings. The first-order chi connectivity index (χ1) is 7.99. The maximum absolute atomic E-state index is 6.03. The summed E-state index contributed by atoms with van der Waals surface area (Å²) in [6.07, 6.45) is 0. The fourth-order valence-electron chi connectivity index (χ4n) is 1.67. The zero-order chi connectivity index (χ0) is 12.6. The van der Waals surface area contributed by atoms with Crippen molar-refractivity contribution < 1.29 is 0 Å². The number of nitrogens with one attached hydrogen (secondary N) is 1. The third-order valence-electron chi connectivity index (χ3n) is 2.59. The second kappa shape index (κ2) is 4.98. The molecule has 0 aliphatic heterocycles. The van der Waals surface area contributed by atoms with Crippen molar-refractivity contribution in [3.63, 3.8) is 0 Å². The van der Waals surface area contributed by atoms with Gasteiger partial charge in [-0.15, -0.1) is 0 Å². The van der Waals surface area contributed by atoms with Crippen LogP contribution in [0.1, 0.15) is 0 Å². The molecule has 0 saturated carbocycles. The lowest BCUT2D eigenvalue weighted by atomic mass is 10.3. The largest absolute Gasteiger partial charge is 0.331 e. The molecule has 2 aromatic rings. The van der Waals surface area contributed by atoms with Crippen LogP contribution in [0.25, 0.3) is 11.0 Å². The molecule has 1 heterocycles. The van der Waals surface area contributed by atoms with Crippen molar-refractivity contribution in [2.45, 2.75) is 6.54 Å². The maximum atomic E-state index is 6.03. The fourth-order valence-corrected chi connectivity index (χ4v) is 2.30. The monoisotopic (exact) mass is 289 g/mol. The van der Waals surface area contributed by atoms with Crippen LogP contribution in [-0.4, -0.2) is 35.1 Å². The van der Waals surface area contributed by atoms with Crippen molar-refractivity contribution in [1.29, 1.82) is 0 Å². The van der Waals surface area contributed by atoms with E-state index in [9.17, 15) is 0 Å². The van der Waals surface area contributed by atoms with Gasteiger partial charge in [-0.3, -0.25) is 0 Å². The van der Waals surface area contributed by atoms with Gasteiger partial charge in [0, 0.05) is 13.1 Å². The van der Waals surface area contributed by atoms with Crippen molar-refractivity contribution in [1.82, 2.24) is 14.5 Å². The molecule has 0 amide bonds. The lowest BCUT2D eigenvalue weighted by molar-refractivity contribution is 0.385. The summed E-state index contributed by atoms with van der Waals surface area (Å²) in [5.74, 6) is 0. The highest BCUT2D eigenvalue weighted by molar-refractivity contribution is 7.71. The Morgan fingerprint density at radius 2 is 1.94 bits per heavy atom. The summed E-state index contributed by atoms with van der Waals surface area (Å²) < 4.78 is 2.73. The Bertz CT molecular complexity index is 601. The zero-order valence-electron chi connectivity index (χ0n) is 9.63. The van der Waals surface area contributed by atoms with Gasteiger partial charge in [0.05, 0.1) is 21.1 Å². The number of H-pyrrole nitrogens is 1. The van der Waals surface area contributed by atoms with E-state index < -0.39 is 0 Å². The molecule has 17 heavy (non-hydrogen) atoms. The van der Waals surface area contributed by atoms with E-state index in [1.54, 1.807) is 6.07 Å². The number of rotatable bonds is 3. The number of imidazole rings is 1. The summed E-state index contributed by atoms with van der Waals surface area (Å²) in [5.41, 5.74) is 1.91. The zero-order valence-corrected chi connectivity index (χ0v) is 12.0. The normalized spacial score (nSPS) is 11.6. The van der Waals surface area contributed by atoms with Gasteiger partial charge in [-0.25, -0.2) is 0 Å². The van der Waals surface area contributed by atoms with E-state index in [4.69, 9.17) is 35.4 Å². The van der Waals surface area contributed by atoms with Gasteiger partial charge >= 0.3 is 0 Å². The van der Waals surface area contributed by atoms with E-state index in [2.05, 4.69) is 9.88 Å². The number of hydrogen-bond donors (Lipinski definition) is 1. The lowest BCUT2D eigenvalue weighted by Gasteiger charge is -2.10. The van der Waals surface area contributed by atoms with Gasteiger partial charge in [0.25, 0.3) is 0 Å². The molecule has 1 aromatic carbocycles. The van der Waals surface area contributed by atoms with Gasteiger partial charge in [-0.1, -0.05) is 23.2 Å². The number of benzene rings is 1. The average molecular weight is 290 g/mol. The topological polar surface area (TPSA) is 24.0 Å². The maximum Gasteiger partial charge on any atom is 0.178 e. The third kappa shape index (κ3) is 2.65. The minimum atomic E-state index is 0.537. The molecule has 0 radical (unpaired) electrons. The molecule has 0 saturated heterocycles. The van der Waals surface area contributed by atoms with Crippen LogP contribution < -0.4 is 0 Å². The van der Waals surface area contributed by atoms with E-state index >= 15 is 0 Å². The number of halogens is 2. The molecule has 0 atom stereocenters. The Morgan fingerprint density at radius 1 is 1.29 bits per heavy atom. The van der Waals surface area contributed by atoms with Crippen LogP contribution in [0.5, 0.6) is 0 Å². The summed E-state index contributed by atoms with van der Waals surface area (Å²) >= 11 is 17.3. The molecule has 0 aliphatic carbocycles. The number of aromatic nitrogens is 2. The number of fused-ring (bicyclic) bond motifs is 1.